The van der Waals surface area contributed by atoms with E-state index in [0.717, 1.165) is 26.2 Å². The number of piperazine rings is 1. The van der Waals surface area contributed by atoms with Gasteiger partial charge >= 0.3 is 0 Å². The van der Waals surface area contributed by atoms with Crippen LogP contribution in [-0.4, -0.2) is 50.0 Å². The minimum Gasteiger partial charge on any atom is -0.506 e. The minimum absolute atomic E-state index is 0. The number of aromatic hydroxyl groups is 1. The number of hydrogen-bond acceptors (Lipinski definition) is 4. The lowest BCUT2D eigenvalue weighted by Gasteiger charge is -2.34. The van der Waals surface area contributed by atoms with Gasteiger partial charge in [0, 0.05) is 26.2 Å². The number of halogens is 4. The molecule has 0 aromatic heterocycles. The van der Waals surface area contributed by atoms with Crippen molar-refractivity contribution in [2.45, 2.75) is 6.04 Å². The van der Waals surface area contributed by atoms with E-state index in [4.69, 9.17) is 16.3 Å². The maximum atomic E-state index is 13.5. The van der Waals surface area contributed by atoms with Crippen molar-refractivity contribution in [2.75, 3.05) is 40.0 Å². The van der Waals surface area contributed by atoms with Crippen molar-refractivity contribution in [3.8, 4) is 11.5 Å². The maximum absolute atomic E-state index is 13.5. The van der Waals surface area contributed by atoms with Crippen molar-refractivity contribution >= 4 is 36.4 Å². The number of benzene rings is 1. The van der Waals surface area contributed by atoms with Crippen LogP contribution in [0.25, 0.3) is 0 Å². The summed E-state index contributed by atoms with van der Waals surface area (Å²) in [7, 11) is 1.50. The van der Waals surface area contributed by atoms with Crippen LogP contribution in [0.5, 0.6) is 11.5 Å². The van der Waals surface area contributed by atoms with Gasteiger partial charge < -0.3 is 15.2 Å². The fourth-order valence-electron chi connectivity index (χ4n) is 2.41. The average Bonchev–Trinajstić information content (AvgIpc) is 2.45. The molecule has 0 radical (unpaired) electrons. The maximum Gasteiger partial charge on any atom is 0.142 e. The van der Waals surface area contributed by atoms with Crippen LogP contribution in [0.15, 0.2) is 12.1 Å². The molecule has 21 heavy (non-hydrogen) atoms. The molecule has 0 bridgehead atoms. The van der Waals surface area contributed by atoms with Gasteiger partial charge in [0.15, 0.2) is 0 Å². The van der Waals surface area contributed by atoms with Crippen LogP contribution in [0.1, 0.15) is 11.6 Å². The summed E-state index contributed by atoms with van der Waals surface area (Å²) in [5.41, 5.74) is 0.430. The zero-order valence-electron chi connectivity index (χ0n) is 11.6. The van der Waals surface area contributed by atoms with E-state index in [2.05, 4.69) is 5.32 Å². The monoisotopic (exact) mass is 360 g/mol. The Hall–Kier alpha value is -0.460. The molecule has 0 aliphatic carbocycles. The van der Waals surface area contributed by atoms with E-state index >= 15 is 0 Å². The van der Waals surface area contributed by atoms with Crippen molar-refractivity contribution in [1.29, 1.82) is 0 Å². The van der Waals surface area contributed by atoms with Gasteiger partial charge in [-0.1, -0.05) is 11.6 Å². The zero-order valence-corrected chi connectivity index (χ0v) is 14.0. The Morgan fingerprint density at radius 3 is 2.52 bits per heavy atom. The number of alkyl halides is 1. The minimum atomic E-state index is -0.593. The summed E-state index contributed by atoms with van der Waals surface area (Å²) in [5, 5.41) is 13.5. The largest absolute Gasteiger partial charge is 0.506 e. The SMILES string of the molecule is COc1ccc(Cl)c(O)c1[C@H](CF)N1CCNCC1.Cl.Cl. The molecule has 4 nitrogen and oxygen atoms in total. The third-order valence-corrected chi connectivity index (χ3v) is 3.72. The molecule has 1 fully saturated rings. The van der Waals surface area contributed by atoms with E-state index in [0.29, 0.717) is 11.3 Å². The van der Waals surface area contributed by atoms with Gasteiger partial charge in [-0.05, 0) is 12.1 Å². The summed E-state index contributed by atoms with van der Waals surface area (Å²) in [6.07, 6.45) is 0. The summed E-state index contributed by atoms with van der Waals surface area (Å²) in [6.45, 7) is 2.47. The second-order valence-corrected chi connectivity index (χ2v) is 4.88. The quantitative estimate of drug-likeness (QED) is 0.865. The molecule has 8 heteroatoms. The Morgan fingerprint density at radius 2 is 2.00 bits per heavy atom. The van der Waals surface area contributed by atoms with Crippen LogP contribution in [0.3, 0.4) is 0 Å². The van der Waals surface area contributed by atoms with E-state index in [1.54, 1.807) is 12.1 Å². The summed E-state index contributed by atoms with van der Waals surface area (Å²) in [6, 6.07) is 2.67. The lowest BCUT2D eigenvalue weighted by atomic mass is 10.0. The number of rotatable bonds is 4. The molecule has 1 saturated heterocycles. The van der Waals surface area contributed by atoms with Crippen molar-refractivity contribution in [1.82, 2.24) is 10.2 Å². The normalized spacial score (nSPS) is 16.5. The molecule has 1 aromatic carbocycles. The molecule has 2 rings (SSSR count). The molecule has 1 aliphatic heterocycles. The third-order valence-electron chi connectivity index (χ3n) is 3.42. The second kappa shape index (κ2) is 9.54. The highest BCUT2D eigenvalue weighted by atomic mass is 35.5. The summed E-state index contributed by atoms with van der Waals surface area (Å²) in [5.74, 6) is 0.366. The van der Waals surface area contributed by atoms with Crippen LogP contribution in [-0.2, 0) is 0 Å². The second-order valence-electron chi connectivity index (χ2n) is 4.47. The van der Waals surface area contributed by atoms with Crippen LogP contribution in [0.4, 0.5) is 4.39 Å². The highest BCUT2D eigenvalue weighted by Crippen LogP contribution is 2.41. The molecule has 2 N–H and O–H groups in total. The predicted octanol–water partition coefficient (Wildman–Crippen LogP) is 2.81. The summed E-state index contributed by atoms with van der Waals surface area (Å²) < 4.78 is 18.7. The lowest BCUT2D eigenvalue weighted by molar-refractivity contribution is 0.142. The van der Waals surface area contributed by atoms with Crippen molar-refractivity contribution < 1.29 is 14.2 Å². The number of methoxy groups -OCH3 is 1. The average molecular weight is 362 g/mol. The Bertz CT molecular complexity index is 446. The van der Waals surface area contributed by atoms with Gasteiger partial charge in [-0.3, -0.25) is 4.90 Å². The van der Waals surface area contributed by atoms with E-state index in [9.17, 15) is 9.50 Å². The molecular formula is C13H20Cl3FN2O2. The molecule has 1 heterocycles. The number of phenols is 1. The van der Waals surface area contributed by atoms with Crippen molar-refractivity contribution in [3.63, 3.8) is 0 Å². The molecule has 0 spiro atoms. The zero-order chi connectivity index (χ0) is 13.8. The Balaban J connectivity index is 0.00000200. The third kappa shape index (κ3) is 4.50. The number of nitrogens with one attached hydrogen (secondary N) is 1. The van der Waals surface area contributed by atoms with E-state index in [-0.39, 0.29) is 35.6 Å². The van der Waals surface area contributed by atoms with Crippen molar-refractivity contribution in [2.24, 2.45) is 0 Å². The summed E-state index contributed by atoms with van der Waals surface area (Å²) in [4.78, 5) is 1.99. The van der Waals surface area contributed by atoms with Gasteiger partial charge in [-0.2, -0.15) is 0 Å². The first-order valence-corrected chi connectivity index (χ1v) is 6.63. The van der Waals surface area contributed by atoms with Gasteiger partial charge in [0.25, 0.3) is 0 Å². The topological polar surface area (TPSA) is 44.7 Å². The van der Waals surface area contributed by atoms with Crippen LogP contribution < -0.4 is 10.1 Å². The molecule has 0 amide bonds. The number of nitrogens with zero attached hydrogens (tertiary/aromatic N) is 1. The first-order valence-electron chi connectivity index (χ1n) is 6.25. The highest BCUT2D eigenvalue weighted by molar-refractivity contribution is 6.32. The van der Waals surface area contributed by atoms with Gasteiger partial charge in [-0.15, -0.1) is 24.8 Å². The van der Waals surface area contributed by atoms with Crippen LogP contribution >= 0.6 is 36.4 Å². The molecular weight excluding hydrogens is 342 g/mol. The highest BCUT2D eigenvalue weighted by Gasteiger charge is 2.28. The van der Waals surface area contributed by atoms with E-state index < -0.39 is 12.7 Å². The van der Waals surface area contributed by atoms with E-state index in [1.807, 2.05) is 4.90 Å². The Kier molecular flexibility index (Phi) is 9.33. The van der Waals surface area contributed by atoms with Crippen molar-refractivity contribution in [3.05, 3.63) is 22.7 Å². The number of phenolic OH excluding ortho intramolecular Hbond substituents is 1. The Labute approximate surface area is 141 Å². The molecule has 0 unspecified atom stereocenters. The standard InChI is InChI=1S/C13H18ClFN2O2.2ClH/c1-19-11-3-2-9(14)13(18)12(11)10(8-15)17-6-4-16-5-7-17;;/h2-3,10,16,18H,4-8H2,1H3;2*1H/t10-;;/m0../s1. The van der Waals surface area contributed by atoms with Gasteiger partial charge in [0.1, 0.15) is 18.2 Å². The van der Waals surface area contributed by atoms with E-state index in [1.165, 1.54) is 7.11 Å². The lowest BCUT2D eigenvalue weighted by Crippen LogP contribution is -2.45. The Morgan fingerprint density at radius 1 is 1.38 bits per heavy atom. The number of ether oxygens (including phenoxy) is 1. The van der Waals surface area contributed by atoms with Gasteiger partial charge in [0.05, 0.1) is 23.7 Å². The molecule has 1 atom stereocenters. The predicted molar refractivity (Wildman–Crippen MR) is 87.3 cm³/mol. The first-order chi connectivity index (χ1) is 9.19. The molecule has 1 aromatic rings. The van der Waals surface area contributed by atoms with Crippen LogP contribution in [0.2, 0.25) is 5.02 Å². The summed E-state index contributed by atoms with van der Waals surface area (Å²) >= 11 is 5.92. The fourth-order valence-corrected chi connectivity index (χ4v) is 2.58. The molecule has 122 valence electrons. The molecule has 0 saturated carbocycles. The van der Waals surface area contributed by atoms with Gasteiger partial charge in [0.2, 0.25) is 0 Å². The molecule has 1 aliphatic rings. The smallest absolute Gasteiger partial charge is 0.142 e. The fraction of sp³-hybridized carbons (Fsp3) is 0.538. The van der Waals surface area contributed by atoms with Crippen LogP contribution in [0, 0.1) is 0 Å². The van der Waals surface area contributed by atoms with Gasteiger partial charge in [-0.25, -0.2) is 4.39 Å². The first kappa shape index (κ1) is 20.5. The number of hydrogen-bond donors (Lipinski definition) is 2.